The standard InChI is InChI=1S/C28H24F4N8O/c29-20-3-1-18(2-4-20)25-26(39(17-34-25)14-13-38-11-8-28(31,32)9-12-38)21-5-6-24-35-23(16-40(24)37-21)36-27(41)19-7-10-33-22(30)15-19/h1-7,10,15-17H,8-9,11-14H2,(H,36,41). The van der Waals surface area contributed by atoms with Crippen LogP contribution in [0.3, 0.4) is 0 Å². The molecule has 0 aliphatic carbocycles. The number of anilines is 1. The van der Waals surface area contributed by atoms with E-state index in [1.807, 2.05) is 9.47 Å². The van der Waals surface area contributed by atoms with Gasteiger partial charge in [-0.05, 0) is 42.5 Å². The molecule has 9 nitrogen and oxygen atoms in total. The Balaban J connectivity index is 1.30. The van der Waals surface area contributed by atoms with Crippen LogP contribution in [0.4, 0.5) is 23.4 Å². The number of rotatable bonds is 7. The number of nitrogens with one attached hydrogen (secondary N) is 1. The Labute approximate surface area is 231 Å². The van der Waals surface area contributed by atoms with Gasteiger partial charge in [0.25, 0.3) is 11.8 Å². The topological polar surface area (TPSA) is 93.2 Å². The summed E-state index contributed by atoms with van der Waals surface area (Å²) in [6.45, 7) is 1.63. The van der Waals surface area contributed by atoms with Crippen molar-refractivity contribution >= 4 is 17.4 Å². The first kappa shape index (κ1) is 26.6. The average molecular weight is 565 g/mol. The molecule has 5 heterocycles. The maximum absolute atomic E-state index is 13.6. The highest BCUT2D eigenvalue weighted by atomic mass is 19.3. The Hall–Kier alpha value is -4.65. The zero-order chi connectivity index (χ0) is 28.6. The third kappa shape index (κ3) is 5.80. The van der Waals surface area contributed by atoms with Crippen LogP contribution < -0.4 is 5.32 Å². The van der Waals surface area contributed by atoms with Gasteiger partial charge in [-0.3, -0.25) is 4.79 Å². The molecule has 5 aromatic rings. The molecular formula is C28H24F4N8O. The summed E-state index contributed by atoms with van der Waals surface area (Å²) in [5, 5.41) is 7.32. The Kier molecular flexibility index (Phi) is 6.95. The fraction of sp³-hybridized carbons (Fsp3) is 0.250. The minimum Gasteiger partial charge on any atom is -0.327 e. The number of carbonyl (C=O) groups excluding carboxylic acids is 1. The second kappa shape index (κ2) is 10.7. The number of alkyl halides is 2. The molecule has 1 N–H and O–H groups in total. The summed E-state index contributed by atoms with van der Waals surface area (Å²) in [6.07, 6.45) is 4.05. The van der Waals surface area contributed by atoms with Gasteiger partial charge in [0.05, 0.1) is 23.9 Å². The summed E-state index contributed by atoms with van der Waals surface area (Å²) in [5.74, 6) is -4.11. The maximum atomic E-state index is 13.6. The number of halogens is 4. The molecule has 0 radical (unpaired) electrons. The molecule has 0 saturated carbocycles. The lowest BCUT2D eigenvalue weighted by molar-refractivity contribution is -0.0554. The minimum absolute atomic E-state index is 0.0912. The molecule has 1 amide bonds. The quantitative estimate of drug-likeness (QED) is 0.223. The number of piperidine rings is 1. The van der Waals surface area contributed by atoms with Crippen LogP contribution in [0.2, 0.25) is 0 Å². The number of likely N-dealkylation sites (tertiary alicyclic amines) is 1. The third-order valence-corrected chi connectivity index (χ3v) is 6.99. The van der Waals surface area contributed by atoms with Crippen LogP contribution in [0.15, 0.2) is 67.3 Å². The highest BCUT2D eigenvalue weighted by molar-refractivity contribution is 6.03. The molecule has 13 heteroatoms. The van der Waals surface area contributed by atoms with E-state index in [0.717, 1.165) is 6.07 Å². The van der Waals surface area contributed by atoms with Gasteiger partial charge in [0, 0.05) is 62.4 Å². The van der Waals surface area contributed by atoms with Crippen molar-refractivity contribution < 1.29 is 22.4 Å². The van der Waals surface area contributed by atoms with E-state index in [9.17, 15) is 22.4 Å². The van der Waals surface area contributed by atoms with E-state index in [-0.39, 0.29) is 30.0 Å². The van der Waals surface area contributed by atoms with Crippen molar-refractivity contribution in [3.05, 3.63) is 84.6 Å². The number of hydrogen-bond acceptors (Lipinski definition) is 6. The molecule has 1 aliphatic heterocycles. The van der Waals surface area contributed by atoms with Crippen molar-refractivity contribution in [2.75, 3.05) is 25.0 Å². The molecule has 1 aromatic carbocycles. The summed E-state index contributed by atoms with van der Waals surface area (Å²) < 4.78 is 57.7. The SMILES string of the molecule is O=C(Nc1cn2nc(-c3c(-c4ccc(F)cc4)ncn3CCN3CCC(F)(F)CC3)ccc2n1)c1ccnc(F)c1. The van der Waals surface area contributed by atoms with Crippen LogP contribution in [0.5, 0.6) is 0 Å². The summed E-state index contributed by atoms with van der Waals surface area (Å²) in [7, 11) is 0. The zero-order valence-electron chi connectivity index (χ0n) is 21.6. The Morgan fingerprint density at radius 3 is 2.51 bits per heavy atom. The number of benzene rings is 1. The van der Waals surface area contributed by atoms with Crippen molar-refractivity contribution in [3.8, 4) is 22.6 Å². The predicted octanol–water partition coefficient (Wildman–Crippen LogP) is 4.92. The second-order valence-electron chi connectivity index (χ2n) is 9.81. The summed E-state index contributed by atoms with van der Waals surface area (Å²) in [4.78, 5) is 27.0. The molecule has 1 saturated heterocycles. The number of carbonyl (C=O) groups is 1. The molecule has 0 unspecified atom stereocenters. The van der Waals surface area contributed by atoms with E-state index in [1.165, 1.54) is 35.1 Å². The first-order chi connectivity index (χ1) is 19.7. The fourth-order valence-electron chi connectivity index (χ4n) is 4.79. The number of nitrogens with zero attached hydrogens (tertiary/aromatic N) is 7. The van der Waals surface area contributed by atoms with Gasteiger partial charge in [0.15, 0.2) is 11.5 Å². The number of imidazole rings is 2. The van der Waals surface area contributed by atoms with Crippen molar-refractivity contribution in [2.24, 2.45) is 0 Å². The van der Waals surface area contributed by atoms with Gasteiger partial charge in [0.2, 0.25) is 5.95 Å². The number of fused-ring (bicyclic) bond motifs is 1. The molecule has 0 spiro atoms. The number of pyridine rings is 1. The number of amides is 1. The zero-order valence-corrected chi connectivity index (χ0v) is 21.6. The smallest absolute Gasteiger partial charge is 0.257 e. The van der Waals surface area contributed by atoms with Gasteiger partial charge in [-0.1, -0.05) is 0 Å². The highest BCUT2D eigenvalue weighted by Gasteiger charge is 2.33. The van der Waals surface area contributed by atoms with E-state index in [4.69, 9.17) is 5.10 Å². The second-order valence-corrected chi connectivity index (χ2v) is 9.81. The minimum atomic E-state index is -2.62. The summed E-state index contributed by atoms with van der Waals surface area (Å²) in [5.41, 5.74) is 3.00. The van der Waals surface area contributed by atoms with E-state index < -0.39 is 17.8 Å². The Bertz CT molecular complexity index is 1710. The van der Waals surface area contributed by atoms with Crippen molar-refractivity contribution in [1.82, 2.24) is 34.0 Å². The lowest BCUT2D eigenvalue weighted by Crippen LogP contribution is -2.40. The monoisotopic (exact) mass is 564 g/mol. The first-order valence-electron chi connectivity index (χ1n) is 13.0. The van der Waals surface area contributed by atoms with E-state index in [1.54, 1.807) is 30.6 Å². The largest absolute Gasteiger partial charge is 0.327 e. The molecule has 1 aliphatic rings. The summed E-state index contributed by atoms with van der Waals surface area (Å²) >= 11 is 0. The molecular weight excluding hydrogens is 540 g/mol. The molecule has 6 rings (SSSR count). The summed E-state index contributed by atoms with van der Waals surface area (Å²) in [6, 6.07) is 11.8. The van der Waals surface area contributed by atoms with E-state index >= 15 is 0 Å². The number of aromatic nitrogens is 6. The average Bonchev–Trinajstić information content (AvgIpc) is 3.56. The van der Waals surface area contributed by atoms with E-state index in [2.05, 4.69) is 20.3 Å². The van der Waals surface area contributed by atoms with Crippen LogP contribution in [0, 0.1) is 11.8 Å². The Morgan fingerprint density at radius 2 is 1.76 bits per heavy atom. The molecule has 41 heavy (non-hydrogen) atoms. The van der Waals surface area contributed by atoms with Gasteiger partial charge in [-0.25, -0.2) is 32.6 Å². The van der Waals surface area contributed by atoms with Crippen LogP contribution in [0.1, 0.15) is 23.2 Å². The van der Waals surface area contributed by atoms with Gasteiger partial charge in [-0.2, -0.15) is 9.49 Å². The lowest BCUT2D eigenvalue weighted by Gasteiger charge is -2.31. The van der Waals surface area contributed by atoms with Crippen LogP contribution in [-0.4, -0.2) is 65.5 Å². The molecule has 0 bridgehead atoms. The first-order valence-corrected chi connectivity index (χ1v) is 13.0. The van der Waals surface area contributed by atoms with Crippen LogP contribution in [-0.2, 0) is 6.54 Å². The number of hydrogen-bond donors (Lipinski definition) is 1. The molecule has 1 fully saturated rings. The van der Waals surface area contributed by atoms with Crippen LogP contribution >= 0.6 is 0 Å². The predicted molar refractivity (Wildman–Crippen MR) is 142 cm³/mol. The maximum Gasteiger partial charge on any atom is 0.257 e. The third-order valence-electron chi connectivity index (χ3n) is 6.99. The van der Waals surface area contributed by atoms with Gasteiger partial charge in [0.1, 0.15) is 11.5 Å². The molecule has 210 valence electrons. The lowest BCUT2D eigenvalue weighted by atomic mass is 10.1. The molecule has 0 atom stereocenters. The van der Waals surface area contributed by atoms with Gasteiger partial charge < -0.3 is 14.8 Å². The normalized spacial score (nSPS) is 15.3. The fourth-order valence-corrected chi connectivity index (χ4v) is 4.79. The molecule has 4 aromatic heterocycles. The van der Waals surface area contributed by atoms with E-state index in [0.29, 0.717) is 54.5 Å². The van der Waals surface area contributed by atoms with Gasteiger partial charge in [-0.15, -0.1) is 0 Å². The van der Waals surface area contributed by atoms with Crippen molar-refractivity contribution in [3.63, 3.8) is 0 Å². The Morgan fingerprint density at radius 1 is 0.976 bits per heavy atom. The van der Waals surface area contributed by atoms with Crippen LogP contribution in [0.25, 0.3) is 28.3 Å². The van der Waals surface area contributed by atoms with Crippen molar-refractivity contribution in [2.45, 2.75) is 25.3 Å². The highest BCUT2D eigenvalue weighted by Crippen LogP contribution is 2.31. The van der Waals surface area contributed by atoms with Gasteiger partial charge >= 0.3 is 0 Å². The van der Waals surface area contributed by atoms with Crippen molar-refractivity contribution in [1.29, 1.82) is 0 Å².